The number of rotatable bonds is 8. The second-order valence-electron chi connectivity index (χ2n) is 8.38. The van der Waals surface area contributed by atoms with Gasteiger partial charge in [-0.3, -0.25) is 4.79 Å². The maximum atomic E-state index is 12.9. The molecule has 0 radical (unpaired) electrons. The highest BCUT2D eigenvalue weighted by Gasteiger charge is 2.18. The molecule has 0 fully saturated rings. The Labute approximate surface area is 207 Å². The number of carbonyl (C=O) groups excluding carboxylic acids is 1. The SMILES string of the molecule is Cc1ccc(-c2nnc(CCC(=O)N(C)Cc3cn(-c4ccccc4)nc3-c3cccs3)o2)cc1. The number of para-hydroxylation sites is 1. The second kappa shape index (κ2) is 10.1. The van der Waals surface area contributed by atoms with Crippen LogP contribution >= 0.6 is 11.3 Å². The van der Waals surface area contributed by atoms with Crippen LogP contribution in [0.15, 0.2) is 82.7 Å². The number of amides is 1. The Morgan fingerprint density at radius 2 is 1.83 bits per heavy atom. The van der Waals surface area contributed by atoms with Crippen LogP contribution in [0.3, 0.4) is 0 Å². The largest absolute Gasteiger partial charge is 0.421 e. The summed E-state index contributed by atoms with van der Waals surface area (Å²) in [5, 5.41) is 15.1. The fourth-order valence-electron chi connectivity index (χ4n) is 3.77. The normalized spacial score (nSPS) is 11.0. The zero-order valence-corrected chi connectivity index (χ0v) is 20.4. The molecule has 3 heterocycles. The molecular formula is C27H25N5O2S. The summed E-state index contributed by atoms with van der Waals surface area (Å²) in [6.45, 7) is 2.48. The summed E-state index contributed by atoms with van der Waals surface area (Å²) in [6, 6.07) is 21.9. The molecule has 0 aliphatic carbocycles. The molecule has 3 aromatic heterocycles. The van der Waals surface area contributed by atoms with Gasteiger partial charge in [-0.25, -0.2) is 4.68 Å². The molecule has 176 valence electrons. The van der Waals surface area contributed by atoms with Crippen molar-refractivity contribution < 1.29 is 9.21 Å². The Kier molecular flexibility index (Phi) is 6.54. The van der Waals surface area contributed by atoms with Crippen molar-refractivity contribution in [3.05, 3.63) is 95.3 Å². The van der Waals surface area contributed by atoms with Crippen LogP contribution in [-0.2, 0) is 17.8 Å². The van der Waals surface area contributed by atoms with Gasteiger partial charge >= 0.3 is 0 Å². The average Bonchev–Trinajstić information content (AvgIpc) is 3.64. The summed E-state index contributed by atoms with van der Waals surface area (Å²) in [5.74, 6) is 0.929. The summed E-state index contributed by atoms with van der Waals surface area (Å²) in [7, 11) is 1.81. The highest BCUT2D eigenvalue weighted by atomic mass is 32.1. The number of aromatic nitrogens is 4. The zero-order chi connectivity index (χ0) is 24.2. The van der Waals surface area contributed by atoms with Gasteiger partial charge in [-0.2, -0.15) is 5.10 Å². The van der Waals surface area contributed by atoms with E-state index in [9.17, 15) is 4.79 Å². The van der Waals surface area contributed by atoms with Crippen LogP contribution in [0.1, 0.15) is 23.4 Å². The number of carbonyl (C=O) groups is 1. The maximum absolute atomic E-state index is 12.9. The first-order valence-corrected chi connectivity index (χ1v) is 12.3. The second-order valence-corrected chi connectivity index (χ2v) is 9.32. The van der Waals surface area contributed by atoms with Gasteiger partial charge in [0, 0.05) is 43.8 Å². The third-order valence-electron chi connectivity index (χ3n) is 5.72. The lowest BCUT2D eigenvalue weighted by molar-refractivity contribution is -0.130. The van der Waals surface area contributed by atoms with Gasteiger partial charge in [0.15, 0.2) is 0 Å². The molecule has 5 rings (SSSR count). The van der Waals surface area contributed by atoms with E-state index in [0.29, 0.717) is 24.7 Å². The maximum Gasteiger partial charge on any atom is 0.247 e. The summed E-state index contributed by atoms with van der Waals surface area (Å²) >= 11 is 1.64. The molecule has 0 unspecified atom stereocenters. The molecule has 0 saturated heterocycles. The molecule has 0 aliphatic rings. The van der Waals surface area contributed by atoms with Gasteiger partial charge in [0.2, 0.25) is 17.7 Å². The van der Waals surface area contributed by atoms with E-state index in [2.05, 4.69) is 16.3 Å². The van der Waals surface area contributed by atoms with Crippen molar-refractivity contribution in [2.24, 2.45) is 0 Å². The molecule has 7 nitrogen and oxygen atoms in total. The number of hydrogen-bond acceptors (Lipinski definition) is 6. The van der Waals surface area contributed by atoms with Gasteiger partial charge in [-0.1, -0.05) is 42.0 Å². The van der Waals surface area contributed by atoms with Crippen LogP contribution in [0.4, 0.5) is 0 Å². The Hall–Kier alpha value is -4.04. The topological polar surface area (TPSA) is 77.1 Å². The van der Waals surface area contributed by atoms with E-state index in [4.69, 9.17) is 9.52 Å². The molecule has 0 bridgehead atoms. The number of hydrogen-bond donors (Lipinski definition) is 0. The number of nitrogens with zero attached hydrogens (tertiary/aromatic N) is 5. The molecule has 1 amide bonds. The lowest BCUT2D eigenvalue weighted by Gasteiger charge is -2.16. The fourth-order valence-corrected chi connectivity index (χ4v) is 4.52. The van der Waals surface area contributed by atoms with Crippen molar-refractivity contribution in [2.45, 2.75) is 26.3 Å². The number of aryl methyl sites for hydroxylation is 2. The molecule has 0 spiro atoms. The van der Waals surface area contributed by atoms with Crippen LogP contribution < -0.4 is 0 Å². The van der Waals surface area contributed by atoms with Gasteiger partial charge in [-0.15, -0.1) is 21.5 Å². The zero-order valence-electron chi connectivity index (χ0n) is 19.6. The van der Waals surface area contributed by atoms with Crippen LogP contribution in [0, 0.1) is 6.92 Å². The lowest BCUT2D eigenvalue weighted by atomic mass is 10.1. The van der Waals surface area contributed by atoms with Gasteiger partial charge in [-0.05, 0) is 42.6 Å². The Morgan fingerprint density at radius 1 is 1.03 bits per heavy atom. The van der Waals surface area contributed by atoms with Gasteiger partial charge in [0.05, 0.1) is 10.6 Å². The third kappa shape index (κ3) is 5.22. The molecule has 2 aromatic carbocycles. The molecule has 0 N–H and O–H groups in total. The lowest BCUT2D eigenvalue weighted by Crippen LogP contribution is -2.26. The standard InChI is InChI=1S/C27H25N5O2S/c1-19-10-12-20(13-11-19)27-29-28-24(34-27)14-15-25(33)31(2)17-21-18-32(22-7-4-3-5-8-22)30-26(21)23-9-6-16-35-23/h3-13,16,18H,14-15,17H2,1-2H3. The van der Waals surface area contributed by atoms with E-state index in [0.717, 1.165) is 27.4 Å². The van der Waals surface area contributed by atoms with Crippen molar-refractivity contribution in [2.75, 3.05) is 7.05 Å². The van der Waals surface area contributed by atoms with E-state index in [-0.39, 0.29) is 12.3 Å². The highest BCUT2D eigenvalue weighted by Crippen LogP contribution is 2.28. The van der Waals surface area contributed by atoms with Crippen molar-refractivity contribution in [3.8, 4) is 27.7 Å². The van der Waals surface area contributed by atoms with Crippen molar-refractivity contribution in [1.82, 2.24) is 24.9 Å². The van der Waals surface area contributed by atoms with Crippen molar-refractivity contribution in [1.29, 1.82) is 0 Å². The van der Waals surface area contributed by atoms with E-state index in [1.807, 2.05) is 90.9 Å². The summed E-state index contributed by atoms with van der Waals surface area (Å²) < 4.78 is 7.64. The molecule has 0 aliphatic heterocycles. The highest BCUT2D eigenvalue weighted by molar-refractivity contribution is 7.13. The minimum atomic E-state index is 0.00433. The Morgan fingerprint density at radius 3 is 2.57 bits per heavy atom. The van der Waals surface area contributed by atoms with Gasteiger partial charge in [0.25, 0.3) is 0 Å². The Balaban J connectivity index is 1.26. The molecule has 0 atom stereocenters. The van der Waals surface area contributed by atoms with E-state index in [1.165, 1.54) is 5.56 Å². The smallest absolute Gasteiger partial charge is 0.247 e. The minimum Gasteiger partial charge on any atom is -0.421 e. The predicted octanol–water partition coefficient (Wildman–Crippen LogP) is 5.55. The number of benzene rings is 2. The van der Waals surface area contributed by atoms with Crippen LogP contribution in [-0.4, -0.2) is 37.8 Å². The molecule has 5 aromatic rings. The fraction of sp³-hybridized carbons (Fsp3) is 0.185. The van der Waals surface area contributed by atoms with Gasteiger partial charge < -0.3 is 9.32 Å². The van der Waals surface area contributed by atoms with E-state index < -0.39 is 0 Å². The first kappa shape index (κ1) is 22.7. The summed E-state index contributed by atoms with van der Waals surface area (Å²) in [5.41, 5.74) is 4.90. The number of thiophene rings is 1. The first-order valence-electron chi connectivity index (χ1n) is 11.4. The van der Waals surface area contributed by atoms with Crippen molar-refractivity contribution >= 4 is 17.2 Å². The summed E-state index contributed by atoms with van der Waals surface area (Å²) in [6.07, 6.45) is 2.68. The van der Waals surface area contributed by atoms with Gasteiger partial charge in [0.1, 0.15) is 5.69 Å². The van der Waals surface area contributed by atoms with Crippen LogP contribution in [0.25, 0.3) is 27.7 Å². The monoisotopic (exact) mass is 483 g/mol. The van der Waals surface area contributed by atoms with E-state index in [1.54, 1.807) is 16.2 Å². The third-order valence-corrected chi connectivity index (χ3v) is 6.59. The Bertz CT molecular complexity index is 1410. The summed E-state index contributed by atoms with van der Waals surface area (Å²) in [4.78, 5) is 15.7. The predicted molar refractivity (Wildman–Crippen MR) is 136 cm³/mol. The van der Waals surface area contributed by atoms with E-state index >= 15 is 0 Å². The molecule has 8 heteroatoms. The first-order chi connectivity index (χ1) is 17.1. The minimum absolute atomic E-state index is 0.00433. The van der Waals surface area contributed by atoms with Crippen LogP contribution in [0.2, 0.25) is 0 Å². The quantitative estimate of drug-likeness (QED) is 0.289. The molecule has 35 heavy (non-hydrogen) atoms. The van der Waals surface area contributed by atoms with Crippen molar-refractivity contribution in [3.63, 3.8) is 0 Å². The van der Waals surface area contributed by atoms with Crippen LogP contribution in [0.5, 0.6) is 0 Å². The molecule has 0 saturated carbocycles. The molecular weight excluding hydrogens is 458 g/mol. The average molecular weight is 484 g/mol.